The molecule has 0 aliphatic carbocycles. The zero-order valence-electron chi connectivity index (χ0n) is 4.81. The van der Waals surface area contributed by atoms with Crippen molar-refractivity contribution in [3.63, 3.8) is 0 Å². The van der Waals surface area contributed by atoms with E-state index in [2.05, 4.69) is 25.6 Å². The van der Waals surface area contributed by atoms with Crippen molar-refractivity contribution >= 4 is 11.2 Å². The van der Waals surface area contributed by atoms with Crippen molar-refractivity contribution in [1.82, 2.24) is 25.6 Å². The molecular weight excluding hydrogens is 134 g/mol. The van der Waals surface area contributed by atoms with Crippen LogP contribution in [0.25, 0.3) is 11.2 Å². The highest BCUT2D eigenvalue weighted by molar-refractivity contribution is 5.71. The van der Waals surface area contributed by atoms with Crippen molar-refractivity contribution in [2.45, 2.75) is 0 Å². The van der Waals surface area contributed by atoms with E-state index in [1.54, 1.807) is 0 Å². The number of nitrogens with zero attached hydrogens (tertiary/aromatic N) is 4. The predicted octanol–water partition coefficient (Wildman–Crippen LogP) is -0.547. The number of aromatic nitrogens is 5. The van der Waals surface area contributed by atoms with E-state index in [9.17, 15) is 0 Å². The van der Waals surface area contributed by atoms with E-state index in [1.807, 2.05) is 0 Å². The quantitative estimate of drug-likeness (QED) is 0.508. The fourth-order valence-corrected chi connectivity index (χ4v) is 0.705. The molecule has 50 valence electrons. The van der Waals surface area contributed by atoms with Crippen LogP contribution in [0.15, 0.2) is 6.07 Å². The fourth-order valence-electron chi connectivity index (χ4n) is 0.705. The number of aromatic hydroxyl groups is 1. The lowest BCUT2D eigenvalue weighted by Crippen LogP contribution is -1.89. The van der Waals surface area contributed by atoms with Gasteiger partial charge in [0.05, 0.1) is 0 Å². The third kappa shape index (κ3) is 0.586. The molecule has 0 amide bonds. The fraction of sp³-hybridized carbons (Fsp3) is 0. The molecule has 0 fully saturated rings. The summed E-state index contributed by atoms with van der Waals surface area (Å²) in [5.74, 6) is 0.0183. The van der Waals surface area contributed by atoms with E-state index in [0.717, 1.165) is 0 Å². The van der Waals surface area contributed by atoms with Crippen LogP contribution in [-0.4, -0.2) is 30.7 Å². The maximum absolute atomic E-state index is 8.86. The van der Waals surface area contributed by atoms with Crippen molar-refractivity contribution in [2.24, 2.45) is 0 Å². The summed E-state index contributed by atoms with van der Waals surface area (Å²) in [4.78, 5) is 2.54. The molecule has 0 spiro atoms. The number of fused-ring (bicyclic) bond motifs is 1. The van der Waals surface area contributed by atoms with Gasteiger partial charge in [-0.1, -0.05) is 0 Å². The van der Waals surface area contributed by atoms with Gasteiger partial charge in [-0.05, 0) is 10.4 Å². The first kappa shape index (κ1) is 5.10. The van der Waals surface area contributed by atoms with Gasteiger partial charge in [0.2, 0.25) is 0 Å². The smallest absolute Gasteiger partial charge is 0.192 e. The summed E-state index contributed by atoms with van der Waals surface area (Å²) < 4.78 is 0. The van der Waals surface area contributed by atoms with Crippen molar-refractivity contribution < 1.29 is 5.11 Å². The Bertz CT molecular complexity index is 322. The van der Waals surface area contributed by atoms with Crippen LogP contribution in [0.5, 0.6) is 5.88 Å². The summed E-state index contributed by atoms with van der Waals surface area (Å²) in [6.45, 7) is 0. The van der Waals surface area contributed by atoms with Crippen LogP contribution >= 0.6 is 0 Å². The monoisotopic (exact) mass is 137 g/mol. The Morgan fingerprint density at radius 3 is 2.90 bits per heavy atom. The Morgan fingerprint density at radius 2 is 2.10 bits per heavy atom. The third-order valence-electron chi connectivity index (χ3n) is 1.10. The van der Waals surface area contributed by atoms with Crippen LogP contribution in [0.4, 0.5) is 0 Å². The zero-order chi connectivity index (χ0) is 6.97. The molecule has 2 heterocycles. The number of aromatic amines is 1. The molecule has 0 saturated heterocycles. The van der Waals surface area contributed by atoms with Crippen LogP contribution in [0.3, 0.4) is 0 Å². The Labute approximate surface area is 54.9 Å². The molecule has 0 unspecified atom stereocenters. The Hall–Kier alpha value is -1.72. The summed E-state index contributed by atoms with van der Waals surface area (Å²) in [5.41, 5.74) is 0.944. The Balaban J connectivity index is 2.88. The molecule has 2 N–H and O–H groups in total. The molecule has 2 aromatic rings. The first-order valence-corrected chi connectivity index (χ1v) is 2.60. The van der Waals surface area contributed by atoms with E-state index < -0.39 is 0 Å². The average molecular weight is 137 g/mol. The largest absolute Gasteiger partial charge is 0.494 e. The standard InChI is InChI=1S/C4H3N5O/c10-3-1-2-4(5-3)7-9-8-6-2/h1,10H,(H,5,7,8). The molecule has 2 rings (SSSR count). The maximum Gasteiger partial charge on any atom is 0.192 e. The highest BCUT2D eigenvalue weighted by Crippen LogP contribution is 2.11. The molecule has 0 bridgehead atoms. The van der Waals surface area contributed by atoms with Gasteiger partial charge in [-0.3, -0.25) is 0 Å². The highest BCUT2D eigenvalue weighted by Gasteiger charge is 1.99. The van der Waals surface area contributed by atoms with Crippen molar-refractivity contribution in [2.75, 3.05) is 0 Å². The van der Waals surface area contributed by atoms with E-state index in [1.165, 1.54) is 6.07 Å². The minimum atomic E-state index is 0.0183. The summed E-state index contributed by atoms with van der Waals surface area (Å²) >= 11 is 0. The predicted molar refractivity (Wildman–Crippen MR) is 31.1 cm³/mol. The van der Waals surface area contributed by atoms with Gasteiger partial charge in [-0.25, -0.2) is 0 Å². The zero-order valence-corrected chi connectivity index (χ0v) is 4.81. The van der Waals surface area contributed by atoms with Gasteiger partial charge < -0.3 is 10.1 Å². The van der Waals surface area contributed by atoms with Gasteiger partial charge in [0, 0.05) is 6.07 Å². The lowest BCUT2D eigenvalue weighted by molar-refractivity contribution is 0.458. The lowest BCUT2D eigenvalue weighted by Gasteiger charge is -1.78. The minimum Gasteiger partial charge on any atom is -0.494 e. The molecule has 2 aromatic heterocycles. The van der Waals surface area contributed by atoms with Crippen LogP contribution in [-0.2, 0) is 0 Å². The molecule has 0 aliphatic heterocycles. The van der Waals surface area contributed by atoms with E-state index in [-0.39, 0.29) is 5.88 Å². The van der Waals surface area contributed by atoms with Crippen LogP contribution < -0.4 is 0 Å². The second kappa shape index (κ2) is 1.63. The highest BCUT2D eigenvalue weighted by atomic mass is 16.3. The van der Waals surface area contributed by atoms with E-state index in [0.29, 0.717) is 11.2 Å². The molecule has 0 aliphatic rings. The van der Waals surface area contributed by atoms with Gasteiger partial charge in [0.15, 0.2) is 11.5 Å². The molecule has 10 heavy (non-hydrogen) atoms. The maximum atomic E-state index is 8.86. The summed E-state index contributed by atoms with van der Waals surface area (Å²) in [5, 5.41) is 22.6. The molecule has 6 nitrogen and oxygen atoms in total. The van der Waals surface area contributed by atoms with Crippen LogP contribution in [0, 0.1) is 0 Å². The first-order chi connectivity index (χ1) is 4.86. The average Bonchev–Trinajstić information content (AvgIpc) is 2.27. The second-order valence-corrected chi connectivity index (χ2v) is 1.77. The second-order valence-electron chi connectivity index (χ2n) is 1.77. The number of nitrogens with one attached hydrogen (secondary N) is 1. The molecule has 0 aromatic carbocycles. The minimum absolute atomic E-state index is 0.0183. The normalized spacial score (nSPS) is 10.4. The van der Waals surface area contributed by atoms with Gasteiger partial charge >= 0.3 is 0 Å². The summed E-state index contributed by atoms with van der Waals surface area (Å²) in [7, 11) is 0. The molecular formula is C4H3N5O. The van der Waals surface area contributed by atoms with Gasteiger partial charge in [0.25, 0.3) is 0 Å². The number of H-pyrrole nitrogens is 1. The molecule has 6 heteroatoms. The Kier molecular flexibility index (Phi) is 0.830. The number of rotatable bonds is 0. The van der Waals surface area contributed by atoms with Crippen LogP contribution in [0.1, 0.15) is 0 Å². The van der Waals surface area contributed by atoms with Gasteiger partial charge in [-0.2, -0.15) is 0 Å². The van der Waals surface area contributed by atoms with Gasteiger partial charge in [0.1, 0.15) is 5.52 Å². The SMILES string of the molecule is Oc1cc2nnnnc2[nH]1. The van der Waals surface area contributed by atoms with Crippen molar-refractivity contribution in [1.29, 1.82) is 0 Å². The Morgan fingerprint density at radius 1 is 1.30 bits per heavy atom. The van der Waals surface area contributed by atoms with Gasteiger partial charge in [-0.15, -0.1) is 10.2 Å². The van der Waals surface area contributed by atoms with E-state index in [4.69, 9.17) is 5.11 Å². The number of hydrogen-bond acceptors (Lipinski definition) is 5. The first-order valence-electron chi connectivity index (χ1n) is 2.60. The topological polar surface area (TPSA) is 87.6 Å². The molecule has 0 atom stereocenters. The molecule has 0 radical (unpaired) electrons. The number of hydrogen-bond donors (Lipinski definition) is 2. The van der Waals surface area contributed by atoms with Crippen molar-refractivity contribution in [3.05, 3.63) is 6.07 Å². The van der Waals surface area contributed by atoms with E-state index >= 15 is 0 Å². The molecule has 0 saturated carbocycles. The lowest BCUT2D eigenvalue weighted by atomic mass is 10.6. The van der Waals surface area contributed by atoms with Crippen LogP contribution in [0.2, 0.25) is 0 Å². The summed E-state index contributed by atoms with van der Waals surface area (Å²) in [6, 6.07) is 1.43. The van der Waals surface area contributed by atoms with Crippen molar-refractivity contribution in [3.8, 4) is 5.88 Å². The third-order valence-corrected chi connectivity index (χ3v) is 1.10. The summed E-state index contributed by atoms with van der Waals surface area (Å²) in [6.07, 6.45) is 0.